The van der Waals surface area contributed by atoms with Crippen LogP contribution >= 0.6 is 0 Å². The zero-order chi connectivity index (χ0) is 15.2. The first-order valence-electron chi connectivity index (χ1n) is 8.31. The molecule has 0 spiro atoms. The third-order valence-electron chi connectivity index (χ3n) is 4.68. The molecule has 1 aliphatic heterocycles. The molecular formula is C18H28N2O. The highest BCUT2D eigenvalue weighted by molar-refractivity contribution is 5.84. The number of carbonyl (C=O) groups is 1. The van der Waals surface area contributed by atoms with Crippen molar-refractivity contribution >= 4 is 5.91 Å². The number of nitrogens with zero attached hydrogens (tertiary/aromatic N) is 1. The average Bonchev–Trinajstić information content (AvgIpc) is 2.55. The number of hydrogen-bond acceptors (Lipinski definition) is 2. The molecule has 0 radical (unpaired) electrons. The molecule has 1 heterocycles. The Balaban J connectivity index is 2.15. The summed E-state index contributed by atoms with van der Waals surface area (Å²) in [5.41, 5.74) is 2.48. The normalized spacial score (nSPS) is 17.6. The minimum Gasteiger partial charge on any atom is -0.341 e. The van der Waals surface area contributed by atoms with Gasteiger partial charge < -0.3 is 10.2 Å². The standard InChI is InChI=1S/C18H28N2O/c1-4-14(5-2)13-20(6-3)18(21)17-16-10-8-7-9-15(16)11-12-19-17/h7-10,14,17,19H,4-6,11-13H2,1-3H3. The van der Waals surface area contributed by atoms with Crippen LogP contribution in [-0.4, -0.2) is 30.4 Å². The summed E-state index contributed by atoms with van der Waals surface area (Å²) in [6.45, 7) is 9.05. The average molecular weight is 288 g/mol. The van der Waals surface area contributed by atoms with E-state index >= 15 is 0 Å². The van der Waals surface area contributed by atoms with Crippen LogP contribution in [0.3, 0.4) is 0 Å². The van der Waals surface area contributed by atoms with Crippen LogP contribution in [0.15, 0.2) is 24.3 Å². The Morgan fingerprint density at radius 3 is 2.67 bits per heavy atom. The quantitative estimate of drug-likeness (QED) is 0.872. The molecule has 1 amide bonds. The molecule has 1 N–H and O–H groups in total. The molecule has 3 heteroatoms. The van der Waals surface area contributed by atoms with E-state index in [-0.39, 0.29) is 11.9 Å². The van der Waals surface area contributed by atoms with Crippen LogP contribution in [0.4, 0.5) is 0 Å². The fraction of sp³-hybridized carbons (Fsp3) is 0.611. The smallest absolute Gasteiger partial charge is 0.244 e. The molecule has 21 heavy (non-hydrogen) atoms. The molecule has 1 unspecified atom stereocenters. The Bertz CT molecular complexity index is 468. The van der Waals surface area contributed by atoms with Crippen molar-refractivity contribution in [2.75, 3.05) is 19.6 Å². The van der Waals surface area contributed by atoms with E-state index in [2.05, 4.69) is 44.3 Å². The number of likely N-dealkylation sites (N-methyl/N-ethyl adjacent to an activating group) is 1. The van der Waals surface area contributed by atoms with Crippen LogP contribution in [0.5, 0.6) is 0 Å². The highest BCUT2D eigenvalue weighted by Crippen LogP contribution is 2.25. The van der Waals surface area contributed by atoms with Crippen molar-refractivity contribution in [1.29, 1.82) is 0 Å². The van der Waals surface area contributed by atoms with Crippen molar-refractivity contribution in [3.8, 4) is 0 Å². The van der Waals surface area contributed by atoms with E-state index in [9.17, 15) is 4.79 Å². The molecule has 0 saturated carbocycles. The van der Waals surface area contributed by atoms with E-state index in [1.54, 1.807) is 0 Å². The summed E-state index contributed by atoms with van der Waals surface area (Å²) >= 11 is 0. The van der Waals surface area contributed by atoms with Gasteiger partial charge in [0.25, 0.3) is 0 Å². The fourth-order valence-electron chi connectivity index (χ4n) is 3.14. The Morgan fingerprint density at radius 2 is 2.00 bits per heavy atom. The first kappa shape index (κ1) is 16.0. The van der Waals surface area contributed by atoms with Gasteiger partial charge in [-0.2, -0.15) is 0 Å². The largest absolute Gasteiger partial charge is 0.341 e. The van der Waals surface area contributed by atoms with E-state index in [4.69, 9.17) is 0 Å². The molecule has 1 aliphatic rings. The van der Waals surface area contributed by atoms with Gasteiger partial charge in [0.2, 0.25) is 5.91 Å². The second-order valence-electron chi connectivity index (χ2n) is 5.90. The lowest BCUT2D eigenvalue weighted by Crippen LogP contribution is -2.45. The van der Waals surface area contributed by atoms with Crippen LogP contribution < -0.4 is 5.32 Å². The Hall–Kier alpha value is -1.35. The molecule has 1 aromatic carbocycles. The zero-order valence-electron chi connectivity index (χ0n) is 13.6. The number of amides is 1. The second-order valence-corrected chi connectivity index (χ2v) is 5.90. The summed E-state index contributed by atoms with van der Waals surface area (Å²) in [6.07, 6.45) is 3.28. The van der Waals surface area contributed by atoms with Crippen LogP contribution in [-0.2, 0) is 11.2 Å². The molecule has 0 aliphatic carbocycles. The first-order chi connectivity index (χ1) is 10.2. The zero-order valence-corrected chi connectivity index (χ0v) is 13.6. The molecule has 1 atom stereocenters. The van der Waals surface area contributed by atoms with Gasteiger partial charge in [0, 0.05) is 19.6 Å². The molecule has 0 saturated heterocycles. The van der Waals surface area contributed by atoms with Crippen molar-refractivity contribution < 1.29 is 4.79 Å². The molecule has 0 bridgehead atoms. The van der Waals surface area contributed by atoms with Crippen molar-refractivity contribution in [3.05, 3.63) is 35.4 Å². The Kier molecular flexibility index (Phi) is 5.80. The number of carbonyl (C=O) groups excluding carboxylic acids is 1. The van der Waals surface area contributed by atoms with Gasteiger partial charge in [-0.05, 0) is 30.4 Å². The van der Waals surface area contributed by atoms with Crippen LogP contribution in [0.1, 0.15) is 50.8 Å². The fourth-order valence-corrected chi connectivity index (χ4v) is 3.14. The molecule has 3 nitrogen and oxygen atoms in total. The maximum atomic E-state index is 12.9. The van der Waals surface area contributed by atoms with Crippen LogP contribution in [0.2, 0.25) is 0 Å². The molecule has 0 fully saturated rings. The van der Waals surface area contributed by atoms with Gasteiger partial charge in [-0.15, -0.1) is 0 Å². The first-order valence-corrected chi connectivity index (χ1v) is 8.31. The van der Waals surface area contributed by atoms with Crippen molar-refractivity contribution in [1.82, 2.24) is 10.2 Å². The van der Waals surface area contributed by atoms with Gasteiger partial charge in [0.05, 0.1) is 0 Å². The summed E-state index contributed by atoms with van der Waals surface area (Å²) in [7, 11) is 0. The van der Waals surface area contributed by atoms with Crippen molar-refractivity contribution in [2.24, 2.45) is 5.92 Å². The third kappa shape index (κ3) is 3.65. The van der Waals surface area contributed by atoms with Crippen molar-refractivity contribution in [2.45, 2.75) is 46.1 Å². The summed E-state index contributed by atoms with van der Waals surface area (Å²) in [5, 5.41) is 3.41. The van der Waals surface area contributed by atoms with Crippen LogP contribution in [0.25, 0.3) is 0 Å². The second kappa shape index (κ2) is 7.60. The molecular weight excluding hydrogens is 260 g/mol. The predicted octanol–water partition coefficient (Wildman–Crippen LogP) is 3.16. The lowest BCUT2D eigenvalue weighted by molar-refractivity contribution is -0.134. The van der Waals surface area contributed by atoms with Crippen molar-refractivity contribution in [3.63, 3.8) is 0 Å². The lowest BCUT2D eigenvalue weighted by Gasteiger charge is -2.32. The van der Waals surface area contributed by atoms with E-state index in [0.717, 1.165) is 44.5 Å². The van der Waals surface area contributed by atoms with Gasteiger partial charge in [-0.25, -0.2) is 0 Å². The molecule has 2 rings (SSSR count). The highest BCUT2D eigenvalue weighted by atomic mass is 16.2. The van der Waals surface area contributed by atoms with Gasteiger partial charge in [0.1, 0.15) is 6.04 Å². The lowest BCUT2D eigenvalue weighted by atomic mass is 9.93. The maximum absolute atomic E-state index is 12.9. The SMILES string of the molecule is CCC(CC)CN(CC)C(=O)C1NCCc2ccccc21. The Labute approximate surface area is 128 Å². The van der Waals surface area contributed by atoms with E-state index < -0.39 is 0 Å². The summed E-state index contributed by atoms with van der Waals surface area (Å²) in [4.78, 5) is 14.9. The van der Waals surface area contributed by atoms with Gasteiger partial charge in [-0.1, -0.05) is 51.0 Å². The predicted molar refractivity (Wildman–Crippen MR) is 87.2 cm³/mol. The van der Waals surface area contributed by atoms with Gasteiger partial charge in [0.15, 0.2) is 0 Å². The topological polar surface area (TPSA) is 32.3 Å². The number of fused-ring (bicyclic) bond motifs is 1. The molecule has 1 aromatic rings. The minimum absolute atomic E-state index is 0.163. The monoisotopic (exact) mass is 288 g/mol. The third-order valence-corrected chi connectivity index (χ3v) is 4.68. The molecule has 116 valence electrons. The van der Waals surface area contributed by atoms with E-state index in [1.165, 1.54) is 5.56 Å². The van der Waals surface area contributed by atoms with E-state index in [0.29, 0.717) is 5.92 Å². The van der Waals surface area contributed by atoms with Gasteiger partial charge in [-0.3, -0.25) is 4.79 Å². The Morgan fingerprint density at radius 1 is 1.29 bits per heavy atom. The number of hydrogen-bond donors (Lipinski definition) is 1. The number of benzene rings is 1. The van der Waals surface area contributed by atoms with Gasteiger partial charge >= 0.3 is 0 Å². The summed E-state index contributed by atoms with van der Waals surface area (Å²) in [5.74, 6) is 0.837. The van der Waals surface area contributed by atoms with Crippen LogP contribution in [0, 0.1) is 5.92 Å². The summed E-state index contributed by atoms with van der Waals surface area (Å²) < 4.78 is 0. The number of rotatable bonds is 6. The molecule has 0 aromatic heterocycles. The van der Waals surface area contributed by atoms with E-state index in [1.807, 2.05) is 11.0 Å². The minimum atomic E-state index is -0.163. The number of nitrogens with one attached hydrogen (secondary N) is 1. The maximum Gasteiger partial charge on any atom is 0.244 e. The summed E-state index contributed by atoms with van der Waals surface area (Å²) in [6, 6.07) is 8.17. The highest BCUT2D eigenvalue weighted by Gasteiger charge is 2.29.